The largest absolute Gasteiger partial charge is 0.438 e. The second kappa shape index (κ2) is 6.15. The molecule has 0 amide bonds. The maximum Gasteiger partial charge on any atom is 0.227 e. The highest BCUT2D eigenvalue weighted by Gasteiger charge is 2.08. The number of ether oxygens (including phenoxy) is 1. The van der Waals surface area contributed by atoms with E-state index in [4.69, 9.17) is 16.3 Å². The Morgan fingerprint density at radius 2 is 1.86 bits per heavy atom. The third-order valence-electron chi connectivity index (χ3n) is 3.51. The molecular weight excluding hydrogens is 282 g/mol. The van der Waals surface area contributed by atoms with Crippen LogP contribution < -0.4 is 4.74 Å². The number of rotatable bonds is 4. The molecule has 106 valence electrons. The molecule has 21 heavy (non-hydrogen) atoms. The van der Waals surface area contributed by atoms with Gasteiger partial charge < -0.3 is 4.74 Å². The van der Waals surface area contributed by atoms with E-state index in [-0.39, 0.29) is 0 Å². The van der Waals surface area contributed by atoms with Crippen molar-refractivity contribution in [1.82, 2.24) is 4.98 Å². The number of benzene rings is 2. The second-order valence-corrected chi connectivity index (χ2v) is 5.14. The molecule has 0 saturated heterocycles. The molecule has 0 N–H and O–H groups in total. The van der Waals surface area contributed by atoms with Crippen LogP contribution in [0.3, 0.4) is 0 Å². The number of halogens is 1. The van der Waals surface area contributed by atoms with E-state index in [9.17, 15) is 0 Å². The molecule has 0 bridgehead atoms. The van der Waals surface area contributed by atoms with Crippen LogP contribution in [-0.4, -0.2) is 4.98 Å². The molecule has 0 atom stereocenters. The van der Waals surface area contributed by atoms with Crippen LogP contribution in [0.4, 0.5) is 0 Å². The van der Waals surface area contributed by atoms with Crippen LogP contribution in [-0.2, 0) is 12.3 Å². The summed E-state index contributed by atoms with van der Waals surface area (Å²) in [5.41, 5.74) is 2.26. The molecule has 1 heterocycles. The minimum Gasteiger partial charge on any atom is -0.438 e. The zero-order chi connectivity index (χ0) is 14.7. The lowest BCUT2D eigenvalue weighted by atomic mass is 10.1. The number of hydrogen-bond acceptors (Lipinski definition) is 2. The van der Waals surface area contributed by atoms with Crippen molar-refractivity contribution in [2.45, 2.75) is 19.2 Å². The zero-order valence-electron chi connectivity index (χ0n) is 11.8. The topological polar surface area (TPSA) is 22.1 Å². The molecule has 0 fully saturated rings. The van der Waals surface area contributed by atoms with Crippen LogP contribution in [0.5, 0.6) is 11.6 Å². The molecule has 3 aromatic rings. The highest BCUT2D eigenvalue weighted by atomic mass is 35.5. The SMILES string of the molecule is CCc1cccc(Oc2ncc(CCl)c3ccccc23)c1. The van der Waals surface area contributed by atoms with Gasteiger partial charge in [0.2, 0.25) is 5.88 Å². The fourth-order valence-electron chi connectivity index (χ4n) is 2.35. The highest BCUT2D eigenvalue weighted by molar-refractivity contribution is 6.18. The zero-order valence-corrected chi connectivity index (χ0v) is 12.6. The Morgan fingerprint density at radius 1 is 1.05 bits per heavy atom. The van der Waals surface area contributed by atoms with Gasteiger partial charge in [-0.15, -0.1) is 11.6 Å². The predicted molar refractivity (Wildman–Crippen MR) is 87.2 cm³/mol. The molecule has 2 aromatic carbocycles. The van der Waals surface area contributed by atoms with Gasteiger partial charge in [0.25, 0.3) is 0 Å². The lowest BCUT2D eigenvalue weighted by Gasteiger charge is -2.10. The van der Waals surface area contributed by atoms with Crippen molar-refractivity contribution in [1.29, 1.82) is 0 Å². The van der Waals surface area contributed by atoms with E-state index >= 15 is 0 Å². The van der Waals surface area contributed by atoms with E-state index in [0.29, 0.717) is 11.8 Å². The smallest absolute Gasteiger partial charge is 0.227 e. The van der Waals surface area contributed by atoms with Gasteiger partial charge in [-0.25, -0.2) is 4.98 Å². The summed E-state index contributed by atoms with van der Waals surface area (Å²) in [6.07, 6.45) is 2.77. The molecule has 2 nitrogen and oxygen atoms in total. The Balaban J connectivity index is 2.04. The average Bonchev–Trinajstić information content (AvgIpc) is 2.55. The summed E-state index contributed by atoms with van der Waals surface area (Å²) in [4.78, 5) is 4.42. The number of aryl methyl sites for hydroxylation is 1. The molecule has 3 rings (SSSR count). The van der Waals surface area contributed by atoms with E-state index in [1.165, 1.54) is 5.56 Å². The average molecular weight is 298 g/mol. The van der Waals surface area contributed by atoms with Gasteiger partial charge in [0.1, 0.15) is 5.75 Å². The third-order valence-corrected chi connectivity index (χ3v) is 3.79. The number of aromatic nitrogens is 1. The van der Waals surface area contributed by atoms with E-state index in [1.54, 1.807) is 6.20 Å². The summed E-state index contributed by atoms with van der Waals surface area (Å²) in [5.74, 6) is 1.87. The molecule has 1 aromatic heterocycles. The maximum absolute atomic E-state index is 5.98. The highest BCUT2D eigenvalue weighted by Crippen LogP contribution is 2.30. The monoisotopic (exact) mass is 297 g/mol. The summed E-state index contributed by atoms with van der Waals surface area (Å²) in [7, 11) is 0. The first kappa shape index (κ1) is 13.9. The summed E-state index contributed by atoms with van der Waals surface area (Å²) >= 11 is 5.98. The van der Waals surface area contributed by atoms with E-state index in [2.05, 4.69) is 18.0 Å². The Hall–Kier alpha value is -2.06. The van der Waals surface area contributed by atoms with Gasteiger partial charge >= 0.3 is 0 Å². The van der Waals surface area contributed by atoms with Crippen LogP contribution in [0, 0.1) is 0 Å². The van der Waals surface area contributed by atoms with Crippen molar-refractivity contribution in [3.05, 3.63) is 65.9 Å². The van der Waals surface area contributed by atoms with E-state index in [1.807, 2.05) is 42.5 Å². The molecule has 0 saturated carbocycles. The minimum atomic E-state index is 0.444. The van der Waals surface area contributed by atoms with Crippen molar-refractivity contribution in [3.63, 3.8) is 0 Å². The van der Waals surface area contributed by atoms with Crippen LogP contribution in [0.2, 0.25) is 0 Å². The fraction of sp³-hybridized carbons (Fsp3) is 0.167. The number of alkyl halides is 1. The molecule has 0 aliphatic carbocycles. The number of nitrogens with zero attached hydrogens (tertiary/aromatic N) is 1. The Morgan fingerprint density at radius 3 is 2.62 bits per heavy atom. The van der Waals surface area contributed by atoms with Crippen LogP contribution in [0.1, 0.15) is 18.1 Å². The van der Waals surface area contributed by atoms with Crippen LogP contribution >= 0.6 is 11.6 Å². The van der Waals surface area contributed by atoms with Crippen molar-refractivity contribution >= 4 is 22.4 Å². The third kappa shape index (κ3) is 2.86. The summed E-state index contributed by atoms with van der Waals surface area (Å²) in [6, 6.07) is 16.1. The molecule has 0 unspecified atom stereocenters. The molecule has 0 spiro atoms. The molecule has 0 aliphatic heterocycles. The van der Waals surface area contributed by atoms with Crippen molar-refractivity contribution in [2.24, 2.45) is 0 Å². The lowest BCUT2D eigenvalue weighted by molar-refractivity contribution is 0.468. The maximum atomic E-state index is 5.98. The van der Waals surface area contributed by atoms with Gasteiger partial charge in [-0.3, -0.25) is 0 Å². The standard InChI is InChI=1S/C18H16ClNO/c1-2-13-6-5-7-15(10-13)21-18-17-9-4-3-8-16(17)14(11-19)12-20-18/h3-10,12H,2,11H2,1H3. The fourth-order valence-corrected chi connectivity index (χ4v) is 2.57. The first-order valence-corrected chi connectivity index (χ1v) is 7.54. The van der Waals surface area contributed by atoms with Gasteiger partial charge in [-0.1, -0.05) is 37.3 Å². The number of fused-ring (bicyclic) bond motifs is 1. The molecule has 0 radical (unpaired) electrons. The molecule has 0 aliphatic rings. The number of pyridine rings is 1. The van der Waals surface area contributed by atoms with Gasteiger partial charge in [0, 0.05) is 17.5 Å². The van der Waals surface area contributed by atoms with E-state index in [0.717, 1.165) is 28.5 Å². The Bertz CT molecular complexity index is 770. The predicted octanol–water partition coefficient (Wildman–Crippen LogP) is 5.33. The normalized spacial score (nSPS) is 10.8. The first-order chi connectivity index (χ1) is 10.3. The van der Waals surface area contributed by atoms with Gasteiger partial charge in [0.05, 0.1) is 0 Å². The van der Waals surface area contributed by atoms with Gasteiger partial charge in [-0.05, 0) is 41.1 Å². The summed E-state index contributed by atoms with van der Waals surface area (Å²) in [5, 5.41) is 2.07. The second-order valence-electron chi connectivity index (χ2n) is 4.87. The Kier molecular flexibility index (Phi) is 4.07. The van der Waals surface area contributed by atoms with Crippen molar-refractivity contribution < 1.29 is 4.74 Å². The van der Waals surface area contributed by atoms with E-state index < -0.39 is 0 Å². The molecular formula is C18H16ClNO. The van der Waals surface area contributed by atoms with Gasteiger partial charge in [0.15, 0.2) is 0 Å². The molecule has 3 heteroatoms. The summed E-state index contributed by atoms with van der Waals surface area (Å²) in [6.45, 7) is 2.13. The quantitative estimate of drug-likeness (QED) is 0.607. The van der Waals surface area contributed by atoms with Gasteiger partial charge in [-0.2, -0.15) is 0 Å². The number of hydrogen-bond donors (Lipinski definition) is 0. The Labute approximate surface area is 129 Å². The van der Waals surface area contributed by atoms with Crippen LogP contribution in [0.15, 0.2) is 54.7 Å². The lowest BCUT2D eigenvalue weighted by Crippen LogP contribution is -1.93. The minimum absolute atomic E-state index is 0.444. The first-order valence-electron chi connectivity index (χ1n) is 7.01. The summed E-state index contributed by atoms with van der Waals surface area (Å²) < 4.78 is 5.98. The van der Waals surface area contributed by atoms with Crippen molar-refractivity contribution in [2.75, 3.05) is 0 Å². The van der Waals surface area contributed by atoms with Crippen LogP contribution in [0.25, 0.3) is 10.8 Å². The van der Waals surface area contributed by atoms with Crippen molar-refractivity contribution in [3.8, 4) is 11.6 Å².